The van der Waals surface area contributed by atoms with Crippen molar-refractivity contribution in [2.24, 2.45) is 0 Å². The summed E-state index contributed by atoms with van der Waals surface area (Å²) in [5, 5.41) is 33.3. The van der Waals surface area contributed by atoms with Crippen LogP contribution in [0.4, 0.5) is 0 Å². The van der Waals surface area contributed by atoms with E-state index in [4.69, 9.17) is 0 Å². The van der Waals surface area contributed by atoms with E-state index in [-0.39, 0.29) is 18.9 Å². The number of amides is 1. The molecule has 318 valence electrons. The third-order valence-electron chi connectivity index (χ3n) is 10.9. The molecular formula is C49H93NO4. The average molecular weight is 760 g/mol. The Hall–Kier alpha value is -1.43. The van der Waals surface area contributed by atoms with Gasteiger partial charge in [-0.3, -0.25) is 4.79 Å². The lowest BCUT2D eigenvalue weighted by atomic mass is 10.0. The zero-order valence-electron chi connectivity index (χ0n) is 36.1. The topological polar surface area (TPSA) is 89.8 Å². The van der Waals surface area contributed by atoms with Crippen LogP contribution in [-0.4, -0.2) is 46.1 Å². The number of carbonyl (C=O) groups excluding carboxylic acids is 1. The van der Waals surface area contributed by atoms with Crippen LogP contribution in [0.5, 0.6) is 0 Å². The Morgan fingerprint density at radius 3 is 1.19 bits per heavy atom. The maximum absolute atomic E-state index is 12.5. The highest BCUT2D eigenvalue weighted by Crippen LogP contribution is 2.15. The molecule has 0 aromatic carbocycles. The van der Waals surface area contributed by atoms with Crippen molar-refractivity contribution < 1.29 is 20.1 Å². The molecule has 0 aliphatic heterocycles. The van der Waals surface area contributed by atoms with Gasteiger partial charge in [0.2, 0.25) is 5.91 Å². The monoisotopic (exact) mass is 760 g/mol. The summed E-state index contributed by atoms with van der Waals surface area (Å²) in [6.45, 7) is 4.21. The summed E-state index contributed by atoms with van der Waals surface area (Å²) >= 11 is 0. The molecule has 0 saturated heterocycles. The quantitative estimate of drug-likeness (QED) is 0.0368. The first kappa shape index (κ1) is 52.6. The fourth-order valence-electron chi connectivity index (χ4n) is 7.23. The standard InChI is InChI=1S/C49H93NO4/c1-3-5-7-9-11-13-15-17-19-21-23-24-25-27-29-31-33-35-37-39-41-43-48(53)47(45-51)50-49(54)44-46(52)42-40-38-36-34-32-30-28-26-22-20-18-16-14-12-10-8-6-4-2/h26,28,33,35,41,43,46-48,51-53H,3-25,27,29-32,34,36-40,42,44-45H2,1-2H3,(H,50,54)/b28-26-,35-33+,43-41+. The lowest BCUT2D eigenvalue weighted by Crippen LogP contribution is -2.45. The van der Waals surface area contributed by atoms with Crippen LogP contribution in [0.25, 0.3) is 0 Å². The Balaban J connectivity index is 3.69. The lowest BCUT2D eigenvalue weighted by molar-refractivity contribution is -0.124. The number of aliphatic hydroxyl groups is 3. The molecule has 3 unspecified atom stereocenters. The summed E-state index contributed by atoms with van der Waals surface area (Å²) in [5.74, 6) is -0.329. The van der Waals surface area contributed by atoms with Crippen molar-refractivity contribution >= 4 is 5.91 Å². The highest BCUT2D eigenvalue weighted by Gasteiger charge is 2.20. The van der Waals surface area contributed by atoms with E-state index in [0.29, 0.717) is 6.42 Å². The van der Waals surface area contributed by atoms with Crippen LogP contribution in [-0.2, 0) is 4.79 Å². The van der Waals surface area contributed by atoms with Crippen LogP contribution >= 0.6 is 0 Å². The summed E-state index contributed by atoms with van der Waals surface area (Å²) in [5.41, 5.74) is 0. The van der Waals surface area contributed by atoms with Crippen molar-refractivity contribution in [1.29, 1.82) is 0 Å². The van der Waals surface area contributed by atoms with Gasteiger partial charge in [0.25, 0.3) is 0 Å². The van der Waals surface area contributed by atoms with Gasteiger partial charge in [0.1, 0.15) is 0 Å². The van der Waals surface area contributed by atoms with Gasteiger partial charge in [0.05, 0.1) is 31.3 Å². The SMILES string of the molecule is CCCCCCCCCCC/C=C\CCCCCCCC(O)CC(=O)NC(CO)C(O)/C=C/CC/C=C/CCCCCCCCCCCCCCCCC. The minimum absolute atomic E-state index is 0.000833. The van der Waals surface area contributed by atoms with Gasteiger partial charge in [0, 0.05) is 0 Å². The summed E-state index contributed by atoms with van der Waals surface area (Å²) in [4.78, 5) is 12.5. The maximum atomic E-state index is 12.5. The number of hydrogen-bond acceptors (Lipinski definition) is 4. The zero-order valence-corrected chi connectivity index (χ0v) is 36.1. The zero-order chi connectivity index (χ0) is 39.4. The van der Waals surface area contributed by atoms with Crippen LogP contribution in [0.1, 0.15) is 245 Å². The van der Waals surface area contributed by atoms with E-state index in [9.17, 15) is 20.1 Å². The molecule has 0 bridgehead atoms. The molecule has 0 saturated carbocycles. The van der Waals surface area contributed by atoms with Crippen molar-refractivity contribution in [2.75, 3.05) is 6.61 Å². The fraction of sp³-hybridized carbons (Fsp3) is 0.857. The number of unbranched alkanes of at least 4 members (excludes halogenated alkanes) is 30. The summed E-state index contributed by atoms with van der Waals surface area (Å²) in [6.07, 6.45) is 55.8. The van der Waals surface area contributed by atoms with Gasteiger partial charge in [-0.25, -0.2) is 0 Å². The minimum Gasteiger partial charge on any atom is -0.394 e. The second-order valence-electron chi connectivity index (χ2n) is 16.4. The third-order valence-corrected chi connectivity index (χ3v) is 10.9. The van der Waals surface area contributed by atoms with Crippen LogP contribution < -0.4 is 5.32 Å². The molecule has 4 N–H and O–H groups in total. The summed E-state index contributed by atoms with van der Waals surface area (Å²) < 4.78 is 0. The van der Waals surface area contributed by atoms with Gasteiger partial charge in [-0.1, -0.05) is 217 Å². The van der Waals surface area contributed by atoms with E-state index in [1.165, 1.54) is 173 Å². The largest absolute Gasteiger partial charge is 0.394 e. The van der Waals surface area contributed by atoms with E-state index >= 15 is 0 Å². The normalized spacial score (nSPS) is 13.8. The fourth-order valence-corrected chi connectivity index (χ4v) is 7.23. The lowest BCUT2D eigenvalue weighted by Gasteiger charge is -2.20. The molecule has 54 heavy (non-hydrogen) atoms. The van der Waals surface area contributed by atoms with E-state index in [1.807, 2.05) is 6.08 Å². The van der Waals surface area contributed by atoms with Crippen LogP contribution in [0.3, 0.4) is 0 Å². The Morgan fingerprint density at radius 1 is 0.463 bits per heavy atom. The predicted molar refractivity (Wildman–Crippen MR) is 236 cm³/mol. The van der Waals surface area contributed by atoms with Gasteiger partial charge >= 0.3 is 0 Å². The smallest absolute Gasteiger partial charge is 0.222 e. The average Bonchev–Trinajstić information content (AvgIpc) is 3.16. The van der Waals surface area contributed by atoms with Crippen molar-refractivity contribution in [3.05, 3.63) is 36.5 Å². The number of carbonyl (C=O) groups is 1. The Labute approximate surface area is 336 Å². The molecule has 0 heterocycles. The number of allylic oxidation sites excluding steroid dienone is 5. The van der Waals surface area contributed by atoms with Crippen molar-refractivity contribution in [3.63, 3.8) is 0 Å². The van der Waals surface area contributed by atoms with Crippen molar-refractivity contribution in [2.45, 2.75) is 263 Å². The molecule has 0 aliphatic carbocycles. The Kier molecular flexibility index (Phi) is 43.1. The van der Waals surface area contributed by atoms with Crippen LogP contribution in [0, 0.1) is 0 Å². The molecule has 1 amide bonds. The molecule has 5 heteroatoms. The molecule has 0 rings (SSSR count). The number of rotatable bonds is 43. The highest BCUT2D eigenvalue weighted by atomic mass is 16.3. The predicted octanol–water partition coefficient (Wildman–Crippen LogP) is 13.9. The maximum Gasteiger partial charge on any atom is 0.222 e. The van der Waals surface area contributed by atoms with E-state index in [1.54, 1.807) is 6.08 Å². The molecule has 0 spiro atoms. The van der Waals surface area contributed by atoms with Crippen LogP contribution in [0.15, 0.2) is 36.5 Å². The Morgan fingerprint density at radius 2 is 0.796 bits per heavy atom. The second kappa shape index (κ2) is 44.3. The minimum atomic E-state index is -0.954. The molecular weight excluding hydrogens is 667 g/mol. The van der Waals surface area contributed by atoms with Gasteiger partial charge in [-0.05, 0) is 57.8 Å². The highest BCUT2D eigenvalue weighted by molar-refractivity contribution is 5.76. The number of hydrogen-bond donors (Lipinski definition) is 4. The number of nitrogens with one attached hydrogen (secondary N) is 1. The van der Waals surface area contributed by atoms with Crippen LogP contribution in [0.2, 0.25) is 0 Å². The first-order chi connectivity index (χ1) is 26.5. The van der Waals surface area contributed by atoms with Crippen molar-refractivity contribution in [1.82, 2.24) is 5.32 Å². The van der Waals surface area contributed by atoms with Gasteiger partial charge < -0.3 is 20.6 Å². The molecule has 3 atom stereocenters. The molecule has 0 radical (unpaired) electrons. The first-order valence-corrected chi connectivity index (χ1v) is 23.8. The first-order valence-electron chi connectivity index (χ1n) is 23.8. The molecule has 5 nitrogen and oxygen atoms in total. The molecule has 0 aromatic rings. The van der Waals surface area contributed by atoms with E-state index in [0.717, 1.165) is 44.9 Å². The van der Waals surface area contributed by atoms with E-state index in [2.05, 4.69) is 43.5 Å². The summed E-state index contributed by atoms with van der Waals surface area (Å²) in [6, 6.07) is -0.763. The van der Waals surface area contributed by atoms with Crippen molar-refractivity contribution in [3.8, 4) is 0 Å². The molecule has 0 aliphatic rings. The van der Waals surface area contributed by atoms with Gasteiger partial charge in [-0.2, -0.15) is 0 Å². The second-order valence-corrected chi connectivity index (χ2v) is 16.4. The van der Waals surface area contributed by atoms with E-state index < -0.39 is 18.2 Å². The Bertz CT molecular complexity index is 840. The summed E-state index contributed by atoms with van der Waals surface area (Å²) in [7, 11) is 0. The molecule has 0 aromatic heterocycles. The third kappa shape index (κ3) is 40.2. The number of aliphatic hydroxyl groups excluding tert-OH is 3. The van der Waals surface area contributed by atoms with Gasteiger partial charge in [0.15, 0.2) is 0 Å². The molecule has 0 fully saturated rings. The van der Waals surface area contributed by atoms with Gasteiger partial charge in [-0.15, -0.1) is 0 Å².